The zero-order valence-corrected chi connectivity index (χ0v) is 24.9. The summed E-state index contributed by atoms with van der Waals surface area (Å²) < 4.78 is 0. The Hall–Kier alpha value is -3.60. The number of aromatic amines is 1. The molecule has 2 aromatic rings. The number of nitrogens with zero attached hydrogens (tertiary/aromatic N) is 1. The minimum Gasteiger partial charge on any atom is -0.385 e. The van der Waals surface area contributed by atoms with Gasteiger partial charge in [-0.25, -0.2) is 0 Å². The second-order valence-electron chi connectivity index (χ2n) is 10.2. The number of H-pyrrole nitrogens is 1. The number of aryl methyl sites for hydroxylation is 2. The highest BCUT2D eigenvalue weighted by molar-refractivity contribution is 5.98. The summed E-state index contributed by atoms with van der Waals surface area (Å²) in [5, 5.41) is 9.64. The lowest BCUT2D eigenvalue weighted by Gasteiger charge is -2.23. The zero-order valence-electron chi connectivity index (χ0n) is 24.9. The maximum absolute atomic E-state index is 13.5. The largest absolute Gasteiger partial charge is 0.385 e. The smallest absolute Gasteiger partial charge is 0.253 e. The van der Waals surface area contributed by atoms with Crippen LogP contribution in [0.5, 0.6) is 0 Å². The molecule has 220 valence electrons. The molecular weight excluding hydrogens is 504 g/mol. The normalized spacial score (nSPS) is 12.1. The molecule has 0 aliphatic rings. The summed E-state index contributed by atoms with van der Waals surface area (Å²) in [7, 11) is 0. The minimum absolute atomic E-state index is 0.114. The maximum atomic E-state index is 13.5. The highest BCUT2D eigenvalue weighted by Gasteiger charge is 2.18. The summed E-state index contributed by atoms with van der Waals surface area (Å²) in [6.45, 7) is 15.8. The molecule has 0 spiro atoms. The number of amides is 1. The Balaban J connectivity index is 2.40. The van der Waals surface area contributed by atoms with Crippen molar-refractivity contribution in [3.63, 3.8) is 0 Å². The average molecular weight is 553 g/mol. The van der Waals surface area contributed by atoms with Crippen molar-refractivity contribution in [2.45, 2.75) is 60.7 Å². The van der Waals surface area contributed by atoms with Crippen LogP contribution in [0, 0.1) is 13.8 Å². The van der Waals surface area contributed by atoms with Gasteiger partial charge in [0.25, 0.3) is 11.5 Å². The Morgan fingerprint density at radius 1 is 1.10 bits per heavy atom. The number of carbonyl (C=O) groups is 1. The van der Waals surface area contributed by atoms with Gasteiger partial charge in [0.15, 0.2) is 0 Å². The van der Waals surface area contributed by atoms with Crippen LogP contribution < -0.4 is 38.7 Å². The Bertz CT molecular complexity index is 1260. The van der Waals surface area contributed by atoms with E-state index in [4.69, 9.17) is 17.2 Å². The topological polar surface area (TPSA) is 167 Å². The van der Waals surface area contributed by atoms with Gasteiger partial charge < -0.3 is 43.0 Å². The molecule has 10 heteroatoms. The lowest BCUT2D eigenvalue weighted by Crippen LogP contribution is -2.35. The van der Waals surface area contributed by atoms with E-state index in [0.717, 1.165) is 59.8 Å². The Kier molecular flexibility index (Phi) is 12.9. The van der Waals surface area contributed by atoms with Gasteiger partial charge in [-0.3, -0.25) is 9.59 Å². The van der Waals surface area contributed by atoms with Crippen LogP contribution >= 0.6 is 0 Å². The Morgan fingerprint density at radius 2 is 1.82 bits per heavy atom. The van der Waals surface area contributed by atoms with Crippen molar-refractivity contribution >= 4 is 17.2 Å². The van der Waals surface area contributed by atoms with Gasteiger partial charge in [-0.1, -0.05) is 6.08 Å². The molecule has 0 radical (unpaired) electrons. The number of nitrogens with two attached hydrogens (primary N) is 3. The van der Waals surface area contributed by atoms with Crippen LogP contribution in [0.3, 0.4) is 0 Å². The van der Waals surface area contributed by atoms with Crippen LogP contribution in [0.25, 0.3) is 5.57 Å². The zero-order chi connectivity index (χ0) is 29.8. The minimum atomic E-state index is -0.293. The van der Waals surface area contributed by atoms with Crippen LogP contribution in [-0.4, -0.2) is 54.6 Å². The molecule has 1 aromatic heterocycles. The molecule has 0 bridgehead atoms. The van der Waals surface area contributed by atoms with Crippen molar-refractivity contribution in [2.24, 2.45) is 17.2 Å². The lowest BCUT2D eigenvalue weighted by atomic mass is 9.96. The first-order valence-corrected chi connectivity index (χ1v) is 13.9. The molecule has 0 aliphatic carbocycles. The third-order valence-corrected chi connectivity index (χ3v) is 6.65. The van der Waals surface area contributed by atoms with Gasteiger partial charge in [0, 0.05) is 79.9 Å². The van der Waals surface area contributed by atoms with Gasteiger partial charge in [0.05, 0.1) is 5.82 Å². The number of aromatic nitrogens is 1. The maximum Gasteiger partial charge on any atom is 0.253 e. The number of rotatable bonds is 15. The van der Waals surface area contributed by atoms with Gasteiger partial charge in [-0.2, -0.15) is 0 Å². The fourth-order valence-corrected chi connectivity index (χ4v) is 4.45. The van der Waals surface area contributed by atoms with E-state index in [1.54, 1.807) is 0 Å². The molecule has 1 aromatic carbocycles. The number of pyridine rings is 1. The second-order valence-corrected chi connectivity index (χ2v) is 10.2. The predicted molar refractivity (Wildman–Crippen MR) is 166 cm³/mol. The molecular formula is C30H48N8O2. The molecule has 0 saturated heterocycles. The number of likely N-dealkylation sites (N-methyl/N-ethyl adjacent to an activating group) is 1. The van der Waals surface area contributed by atoms with Gasteiger partial charge in [0.2, 0.25) is 0 Å². The van der Waals surface area contributed by atoms with Gasteiger partial charge in [-0.15, -0.1) is 0 Å². The first-order chi connectivity index (χ1) is 19.0. The molecule has 0 unspecified atom stereocenters. The molecule has 1 heterocycles. The predicted octanol–water partition coefficient (Wildman–Crippen LogP) is 2.27. The summed E-state index contributed by atoms with van der Waals surface area (Å²) >= 11 is 0. The van der Waals surface area contributed by atoms with E-state index < -0.39 is 0 Å². The first-order valence-electron chi connectivity index (χ1n) is 13.9. The first kappa shape index (κ1) is 32.6. The van der Waals surface area contributed by atoms with Gasteiger partial charge >= 0.3 is 0 Å². The van der Waals surface area contributed by atoms with E-state index in [1.807, 2.05) is 65.0 Å². The summed E-state index contributed by atoms with van der Waals surface area (Å²) in [5.74, 6) is 0.366. The number of hydrogen-bond donors (Lipinski definition) is 7. The summed E-state index contributed by atoms with van der Waals surface area (Å²) in [6, 6.07) is 5.89. The van der Waals surface area contributed by atoms with Crippen LogP contribution in [0.1, 0.15) is 66.0 Å². The quantitative estimate of drug-likeness (QED) is 0.130. The van der Waals surface area contributed by atoms with Crippen molar-refractivity contribution in [3.05, 3.63) is 80.0 Å². The number of anilines is 1. The SMILES string of the molecule is CCN(CCNCCN)/C(N)=C/C=C(\C)c1cc(NC(C)C)c(CN)c(C(=O)NCc2c(C)cc(C)[nH]c2=O)c1. The van der Waals surface area contributed by atoms with Gasteiger partial charge in [-0.05, 0) is 82.5 Å². The van der Waals surface area contributed by atoms with Crippen LogP contribution in [0.15, 0.2) is 41.0 Å². The summed E-state index contributed by atoms with van der Waals surface area (Å²) in [4.78, 5) is 30.8. The summed E-state index contributed by atoms with van der Waals surface area (Å²) in [5.41, 5.74) is 23.8. The van der Waals surface area contributed by atoms with Crippen molar-refractivity contribution < 1.29 is 4.79 Å². The highest BCUT2D eigenvalue weighted by atomic mass is 16.1. The molecule has 0 fully saturated rings. The molecule has 40 heavy (non-hydrogen) atoms. The van der Waals surface area contributed by atoms with Crippen LogP contribution in [0.2, 0.25) is 0 Å². The van der Waals surface area contributed by atoms with Crippen molar-refractivity contribution in [3.8, 4) is 0 Å². The number of benzene rings is 1. The third-order valence-electron chi connectivity index (χ3n) is 6.65. The molecule has 0 atom stereocenters. The van der Waals surface area contributed by atoms with E-state index in [-0.39, 0.29) is 30.6 Å². The second kappa shape index (κ2) is 15.9. The van der Waals surface area contributed by atoms with Crippen LogP contribution in [-0.2, 0) is 13.1 Å². The Morgan fingerprint density at radius 3 is 2.42 bits per heavy atom. The number of allylic oxidation sites excluding steroid dienone is 3. The van der Waals surface area contributed by atoms with Crippen molar-refractivity contribution in [1.29, 1.82) is 0 Å². The molecule has 0 aliphatic heterocycles. The van der Waals surface area contributed by atoms with E-state index in [0.29, 0.717) is 23.5 Å². The van der Waals surface area contributed by atoms with Crippen LogP contribution in [0.4, 0.5) is 5.69 Å². The van der Waals surface area contributed by atoms with Crippen molar-refractivity contribution in [2.75, 3.05) is 38.0 Å². The number of nitrogens with one attached hydrogen (secondary N) is 4. The Labute approximate surface area is 238 Å². The summed E-state index contributed by atoms with van der Waals surface area (Å²) in [6.07, 6.45) is 3.85. The molecule has 10 N–H and O–H groups in total. The third kappa shape index (κ3) is 9.25. The molecule has 2 rings (SSSR count). The van der Waals surface area contributed by atoms with E-state index in [9.17, 15) is 9.59 Å². The van der Waals surface area contributed by atoms with E-state index in [1.165, 1.54) is 0 Å². The monoisotopic (exact) mass is 552 g/mol. The average Bonchev–Trinajstić information content (AvgIpc) is 2.90. The van der Waals surface area contributed by atoms with Gasteiger partial charge in [0.1, 0.15) is 0 Å². The van der Waals surface area contributed by atoms with Crippen molar-refractivity contribution in [1.82, 2.24) is 20.5 Å². The molecule has 1 amide bonds. The molecule has 10 nitrogen and oxygen atoms in total. The fraction of sp³-hybridized carbons (Fsp3) is 0.467. The fourth-order valence-electron chi connectivity index (χ4n) is 4.45. The van der Waals surface area contributed by atoms with E-state index in [2.05, 4.69) is 32.8 Å². The van der Waals surface area contributed by atoms with E-state index >= 15 is 0 Å². The lowest BCUT2D eigenvalue weighted by molar-refractivity contribution is 0.0950. The molecule has 0 saturated carbocycles. The highest BCUT2D eigenvalue weighted by Crippen LogP contribution is 2.27. The number of hydrogen-bond acceptors (Lipinski definition) is 8. The standard InChI is InChI=1S/C30H48N8O2/c1-7-38(13-12-34-11-10-31)28(33)9-8-20(4)23-15-24(25(17-32)27(16-23)36-19(2)3)29(39)35-18-26-21(5)14-22(6)37-30(26)40/h8-9,14-16,19,34,36H,7,10-13,17-18,31-33H2,1-6H3,(H,35,39)(H,37,40)/b20-8+,28-9+. The number of carbonyl (C=O) groups excluding carboxylic acids is 1.